The van der Waals surface area contributed by atoms with Gasteiger partial charge in [-0.3, -0.25) is 9.67 Å². The van der Waals surface area contributed by atoms with Crippen molar-refractivity contribution in [3.63, 3.8) is 0 Å². The number of pyridine rings is 1. The fraction of sp³-hybridized carbons (Fsp3) is 0.429. The SMILES string of the molecule is Cc1cc(-c2cnn(C)c2)c2ccc(O)c(-c3ccc(N(C)C4CC(C)(C)NC(C)(C)C4)nn3)c2n1. The molecule has 8 nitrogen and oxygen atoms in total. The van der Waals surface area contributed by atoms with Gasteiger partial charge in [0.25, 0.3) is 0 Å². The van der Waals surface area contributed by atoms with Crippen LogP contribution in [0.2, 0.25) is 0 Å². The summed E-state index contributed by atoms with van der Waals surface area (Å²) in [5, 5.41) is 29.0. The van der Waals surface area contributed by atoms with E-state index in [1.54, 1.807) is 10.7 Å². The fourth-order valence-electron chi connectivity index (χ4n) is 5.84. The summed E-state index contributed by atoms with van der Waals surface area (Å²) in [6.45, 7) is 11.0. The number of phenols is 1. The van der Waals surface area contributed by atoms with E-state index in [0.29, 0.717) is 22.8 Å². The number of anilines is 1. The molecule has 0 amide bonds. The van der Waals surface area contributed by atoms with E-state index >= 15 is 0 Å². The van der Waals surface area contributed by atoms with Gasteiger partial charge in [-0.25, -0.2) is 0 Å². The Morgan fingerprint density at radius 2 is 1.78 bits per heavy atom. The minimum Gasteiger partial charge on any atom is -0.507 e. The summed E-state index contributed by atoms with van der Waals surface area (Å²) in [4.78, 5) is 7.03. The number of phenolic OH excluding ortho intramolecular Hbond substituents is 1. The van der Waals surface area contributed by atoms with Crippen LogP contribution in [0, 0.1) is 6.92 Å². The molecule has 0 unspecified atom stereocenters. The lowest BCUT2D eigenvalue weighted by Gasteiger charge is -2.49. The molecule has 1 aliphatic rings. The Kier molecular flexibility index (Phi) is 5.75. The number of hydrogen-bond acceptors (Lipinski definition) is 7. The van der Waals surface area contributed by atoms with Crippen LogP contribution in [-0.2, 0) is 7.05 Å². The molecule has 188 valence electrons. The van der Waals surface area contributed by atoms with Gasteiger partial charge in [0.2, 0.25) is 0 Å². The Balaban J connectivity index is 1.53. The summed E-state index contributed by atoms with van der Waals surface area (Å²) in [5.41, 5.74) is 4.84. The number of piperidine rings is 1. The number of fused-ring (bicyclic) bond motifs is 1. The molecule has 3 aromatic heterocycles. The zero-order valence-corrected chi connectivity index (χ0v) is 22.2. The van der Waals surface area contributed by atoms with Crippen LogP contribution < -0.4 is 10.2 Å². The van der Waals surface area contributed by atoms with Gasteiger partial charge in [-0.05, 0) is 83.4 Å². The van der Waals surface area contributed by atoms with Crippen molar-refractivity contribution < 1.29 is 5.11 Å². The molecule has 4 heterocycles. The molecule has 4 aromatic rings. The summed E-state index contributed by atoms with van der Waals surface area (Å²) in [7, 11) is 3.99. The van der Waals surface area contributed by atoms with Crippen LogP contribution in [0.1, 0.15) is 46.2 Å². The lowest BCUT2D eigenvalue weighted by Crippen LogP contribution is -2.62. The average molecular weight is 486 g/mol. The topological polar surface area (TPSA) is 92.0 Å². The van der Waals surface area contributed by atoms with Gasteiger partial charge in [0.1, 0.15) is 5.75 Å². The van der Waals surface area contributed by atoms with E-state index in [-0.39, 0.29) is 16.8 Å². The highest BCUT2D eigenvalue weighted by molar-refractivity contribution is 6.03. The van der Waals surface area contributed by atoms with Crippen LogP contribution in [0.15, 0.2) is 42.7 Å². The van der Waals surface area contributed by atoms with E-state index in [2.05, 4.69) is 60.3 Å². The van der Waals surface area contributed by atoms with Crippen molar-refractivity contribution in [2.45, 2.75) is 64.6 Å². The normalized spacial score (nSPS) is 17.4. The van der Waals surface area contributed by atoms with E-state index in [1.165, 1.54) is 0 Å². The van der Waals surface area contributed by atoms with Crippen LogP contribution >= 0.6 is 0 Å². The molecule has 5 rings (SSSR count). The van der Waals surface area contributed by atoms with Crippen molar-refractivity contribution in [3.05, 3.63) is 48.4 Å². The minimum atomic E-state index is 0.0400. The van der Waals surface area contributed by atoms with Gasteiger partial charge in [-0.1, -0.05) is 0 Å². The molecule has 0 atom stereocenters. The van der Waals surface area contributed by atoms with E-state index < -0.39 is 0 Å². The van der Waals surface area contributed by atoms with E-state index in [9.17, 15) is 5.11 Å². The van der Waals surface area contributed by atoms with Crippen LogP contribution in [0.4, 0.5) is 5.82 Å². The van der Waals surface area contributed by atoms with Gasteiger partial charge in [0.05, 0.1) is 23.0 Å². The van der Waals surface area contributed by atoms with Gasteiger partial charge >= 0.3 is 0 Å². The predicted molar refractivity (Wildman–Crippen MR) is 144 cm³/mol. The summed E-state index contributed by atoms with van der Waals surface area (Å²) in [5.74, 6) is 0.951. The first-order valence-electron chi connectivity index (χ1n) is 12.4. The van der Waals surface area contributed by atoms with Crippen LogP contribution in [-0.4, -0.2) is 54.2 Å². The molecule has 0 saturated carbocycles. The molecule has 1 aliphatic heterocycles. The molecule has 0 radical (unpaired) electrons. The second-order valence-electron chi connectivity index (χ2n) is 11.4. The van der Waals surface area contributed by atoms with Crippen molar-refractivity contribution in [1.82, 2.24) is 30.3 Å². The lowest BCUT2D eigenvalue weighted by molar-refractivity contribution is 0.160. The highest BCUT2D eigenvalue weighted by Crippen LogP contribution is 2.39. The van der Waals surface area contributed by atoms with Crippen molar-refractivity contribution in [1.29, 1.82) is 0 Å². The summed E-state index contributed by atoms with van der Waals surface area (Å²) >= 11 is 0. The first-order chi connectivity index (χ1) is 16.9. The molecular weight excluding hydrogens is 450 g/mol. The van der Waals surface area contributed by atoms with Crippen molar-refractivity contribution in [2.24, 2.45) is 7.05 Å². The largest absolute Gasteiger partial charge is 0.507 e. The highest BCUT2D eigenvalue weighted by Gasteiger charge is 2.39. The summed E-state index contributed by atoms with van der Waals surface area (Å²) in [6.07, 6.45) is 5.85. The number of nitrogens with one attached hydrogen (secondary N) is 1. The maximum atomic E-state index is 10.9. The van der Waals surface area contributed by atoms with Crippen LogP contribution in [0.25, 0.3) is 33.3 Å². The molecule has 2 N–H and O–H groups in total. The quantitative estimate of drug-likeness (QED) is 0.427. The van der Waals surface area contributed by atoms with E-state index in [1.807, 2.05) is 50.6 Å². The van der Waals surface area contributed by atoms with Crippen molar-refractivity contribution in [3.8, 4) is 28.1 Å². The fourth-order valence-corrected chi connectivity index (χ4v) is 5.84. The van der Waals surface area contributed by atoms with Gasteiger partial charge in [-0.15, -0.1) is 10.2 Å². The first-order valence-corrected chi connectivity index (χ1v) is 12.4. The zero-order chi connectivity index (χ0) is 25.8. The van der Waals surface area contributed by atoms with Gasteiger partial charge in [0.15, 0.2) is 5.82 Å². The lowest BCUT2D eigenvalue weighted by atomic mass is 9.79. The van der Waals surface area contributed by atoms with Crippen LogP contribution in [0.5, 0.6) is 5.75 Å². The van der Waals surface area contributed by atoms with Crippen molar-refractivity contribution >= 4 is 16.7 Å². The number of rotatable bonds is 4. The summed E-state index contributed by atoms with van der Waals surface area (Å²) < 4.78 is 1.78. The molecular formula is C28H35N7O. The molecule has 0 aliphatic carbocycles. The Morgan fingerprint density at radius 1 is 1.06 bits per heavy atom. The monoisotopic (exact) mass is 485 g/mol. The number of nitrogens with zero attached hydrogens (tertiary/aromatic N) is 6. The molecule has 0 bridgehead atoms. The molecule has 1 aromatic carbocycles. The maximum Gasteiger partial charge on any atom is 0.151 e. The zero-order valence-electron chi connectivity index (χ0n) is 22.2. The third-order valence-corrected chi connectivity index (χ3v) is 7.09. The predicted octanol–water partition coefficient (Wildman–Crippen LogP) is 4.85. The number of aromatic hydroxyl groups is 1. The first kappa shape index (κ1) is 24.2. The number of aromatic nitrogens is 5. The highest BCUT2D eigenvalue weighted by atomic mass is 16.3. The van der Waals surface area contributed by atoms with Crippen LogP contribution in [0.3, 0.4) is 0 Å². The maximum absolute atomic E-state index is 10.9. The second kappa shape index (κ2) is 8.55. The number of hydrogen-bond donors (Lipinski definition) is 2. The second-order valence-corrected chi connectivity index (χ2v) is 11.4. The molecule has 0 spiro atoms. The van der Waals surface area contributed by atoms with Gasteiger partial charge in [0, 0.05) is 54.1 Å². The molecule has 1 saturated heterocycles. The third-order valence-electron chi connectivity index (χ3n) is 7.09. The Morgan fingerprint density at radius 3 is 2.39 bits per heavy atom. The Hall–Kier alpha value is -3.52. The van der Waals surface area contributed by atoms with E-state index in [0.717, 1.165) is 40.9 Å². The van der Waals surface area contributed by atoms with Gasteiger partial charge in [-0.2, -0.15) is 5.10 Å². The number of benzene rings is 1. The molecule has 36 heavy (non-hydrogen) atoms. The Labute approximate surface area is 212 Å². The van der Waals surface area contributed by atoms with Crippen molar-refractivity contribution in [2.75, 3.05) is 11.9 Å². The minimum absolute atomic E-state index is 0.0400. The van der Waals surface area contributed by atoms with Gasteiger partial charge < -0.3 is 15.3 Å². The Bertz CT molecular complexity index is 1410. The van der Waals surface area contributed by atoms with E-state index in [4.69, 9.17) is 4.98 Å². The number of aryl methyl sites for hydroxylation is 2. The molecule has 8 heteroatoms. The molecule has 1 fully saturated rings. The smallest absolute Gasteiger partial charge is 0.151 e. The third kappa shape index (κ3) is 4.53. The standard InChI is InChI=1S/C28H35N7O/c1-17-12-21(18-15-29-34(6)16-18)20-8-10-23(36)25(26(20)30-17)22-9-11-24(32-31-22)35(7)19-13-27(2,3)33-28(4,5)14-19/h8-12,15-16,19,33,36H,13-14H2,1-7H3. The summed E-state index contributed by atoms with van der Waals surface area (Å²) in [6, 6.07) is 9.91. The average Bonchev–Trinajstić information content (AvgIpc) is 3.22.